The number of nitrogens with two attached hydrogens (primary N) is 1. The molecule has 0 bridgehead atoms. The second kappa shape index (κ2) is 10.1. The molecule has 4 N–H and O–H groups in total. The molecule has 9 heteroatoms. The van der Waals surface area contributed by atoms with Crippen LogP contribution in [-0.2, 0) is 10.9 Å². The zero-order valence-corrected chi connectivity index (χ0v) is 19.2. The molecule has 4 rings (SSSR count). The fourth-order valence-electron chi connectivity index (χ4n) is 3.51. The van der Waals surface area contributed by atoms with Gasteiger partial charge in [-0.3, -0.25) is 9.59 Å². The smallest absolute Gasteiger partial charge is 0.255 e. The van der Waals surface area contributed by atoms with Gasteiger partial charge < -0.3 is 16.2 Å². The first-order valence-corrected chi connectivity index (χ1v) is 11.6. The second-order valence-electron chi connectivity index (χ2n) is 7.56. The summed E-state index contributed by atoms with van der Waals surface area (Å²) >= 11 is 0. The maximum absolute atomic E-state index is 12.8. The minimum absolute atomic E-state index is 0.0647. The molecule has 0 radical (unpaired) electrons. The van der Waals surface area contributed by atoms with Crippen LogP contribution in [0, 0.1) is 0 Å². The van der Waals surface area contributed by atoms with Crippen LogP contribution in [0.25, 0.3) is 11.1 Å². The Morgan fingerprint density at radius 3 is 1.97 bits per heavy atom. The Morgan fingerprint density at radius 1 is 0.771 bits per heavy atom. The molecular formula is C26H21N3O5S. The average Bonchev–Trinajstić information content (AvgIpc) is 2.87. The Bertz CT molecular complexity index is 1440. The number of primary amides is 1. The van der Waals surface area contributed by atoms with Gasteiger partial charge >= 0.3 is 0 Å². The van der Waals surface area contributed by atoms with E-state index < -0.39 is 22.7 Å². The van der Waals surface area contributed by atoms with Crippen molar-refractivity contribution in [2.24, 2.45) is 5.73 Å². The van der Waals surface area contributed by atoms with Crippen molar-refractivity contribution in [2.45, 2.75) is 0 Å². The van der Waals surface area contributed by atoms with E-state index in [1.54, 1.807) is 12.1 Å². The molecule has 0 saturated heterocycles. The number of hydrogen-bond acceptors (Lipinski definition) is 5. The van der Waals surface area contributed by atoms with Gasteiger partial charge in [-0.25, -0.2) is 12.7 Å². The third-order valence-electron chi connectivity index (χ3n) is 5.28. The number of phenolic OH excluding ortho intramolecular Hbond substituents is 1. The monoisotopic (exact) mass is 487 g/mol. The van der Waals surface area contributed by atoms with Crippen LogP contribution in [0.15, 0.2) is 97.1 Å². The van der Waals surface area contributed by atoms with E-state index >= 15 is 0 Å². The average molecular weight is 488 g/mol. The van der Waals surface area contributed by atoms with E-state index in [1.165, 1.54) is 42.5 Å². The van der Waals surface area contributed by atoms with Gasteiger partial charge in [-0.2, -0.15) is 0 Å². The Hall–Kier alpha value is -4.63. The number of rotatable bonds is 7. The minimum Gasteiger partial charge on any atom is -0.506 e. The molecule has 4 aromatic rings. The van der Waals surface area contributed by atoms with Gasteiger partial charge in [0.05, 0.1) is 5.69 Å². The molecule has 0 aliphatic heterocycles. The lowest BCUT2D eigenvalue weighted by Gasteiger charge is -2.20. The van der Waals surface area contributed by atoms with E-state index in [0.29, 0.717) is 5.56 Å². The van der Waals surface area contributed by atoms with Gasteiger partial charge in [0, 0.05) is 16.8 Å². The number of hydrogen-bond donors (Lipinski definition) is 4. The fourth-order valence-corrected chi connectivity index (χ4v) is 4.17. The first-order chi connectivity index (χ1) is 16.8. The van der Waals surface area contributed by atoms with Crippen molar-refractivity contribution in [1.82, 2.24) is 0 Å². The van der Waals surface area contributed by atoms with Crippen molar-refractivity contribution in [2.75, 3.05) is 9.62 Å². The highest BCUT2D eigenvalue weighted by atomic mass is 32.2. The number of carbonyl (C=O) groups excluding carboxylic acids is 2. The Labute approximate surface area is 203 Å². The number of phenols is 1. The molecule has 0 saturated carbocycles. The highest BCUT2D eigenvalue weighted by Gasteiger charge is 2.18. The van der Waals surface area contributed by atoms with Crippen molar-refractivity contribution >= 4 is 39.8 Å². The molecule has 0 heterocycles. The van der Waals surface area contributed by atoms with E-state index in [2.05, 4.69) is 5.32 Å². The zero-order chi connectivity index (χ0) is 24.9. The summed E-state index contributed by atoms with van der Waals surface area (Å²) in [5, 5.41) is 13.1. The lowest BCUT2D eigenvalue weighted by Crippen LogP contribution is -2.17. The molecule has 8 nitrogen and oxygen atoms in total. The fraction of sp³-hybridized carbons (Fsp3) is 0. The van der Waals surface area contributed by atoms with Crippen molar-refractivity contribution < 1.29 is 23.1 Å². The van der Waals surface area contributed by atoms with Gasteiger partial charge in [0.15, 0.2) is 0 Å². The first-order valence-electron chi connectivity index (χ1n) is 10.5. The van der Waals surface area contributed by atoms with Gasteiger partial charge in [0.1, 0.15) is 11.4 Å². The van der Waals surface area contributed by atoms with Crippen LogP contribution >= 0.6 is 0 Å². The number of nitrogens with one attached hydrogen (secondary N) is 1. The number of thiol groups is 1. The summed E-state index contributed by atoms with van der Waals surface area (Å²) in [4.78, 5) is 24.1. The van der Waals surface area contributed by atoms with Crippen LogP contribution in [0.3, 0.4) is 0 Å². The predicted molar refractivity (Wildman–Crippen MR) is 135 cm³/mol. The quantitative estimate of drug-likeness (QED) is 0.231. The van der Waals surface area contributed by atoms with Crippen molar-refractivity contribution in [3.8, 4) is 16.9 Å². The summed E-state index contributed by atoms with van der Waals surface area (Å²) in [6.45, 7) is 0. The van der Waals surface area contributed by atoms with Crippen LogP contribution in [0.2, 0.25) is 0 Å². The molecule has 0 spiro atoms. The molecule has 0 aliphatic carbocycles. The number of aromatic hydroxyl groups is 1. The Balaban J connectivity index is 1.58. The van der Waals surface area contributed by atoms with E-state index in [-0.39, 0.29) is 28.4 Å². The highest BCUT2D eigenvalue weighted by Crippen LogP contribution is 2.35. The van der Waals surface area contributed by atoms with Gasteiger partial charge in [-0.1, -0.05) is 42.5 Å². The van der Waals surface area contributed by atoms with E-state index in [4.69, 9.17) is 5.73 Å². The Kier molecular flexibility index (Phi) is 6.79. The normalized spacial score (nSPS) is 10.7. The molecule has 2 amide bonds. The van der Waals surface area contributed by atoms with Crippen molar-refractivity contribution in [1.29, 1.82) is 0 Å². The number of anilines is 3. The predicted octanol–water partition coefficient (Wildman–Crippen LogP) is 4.07. The van der Waals surface area contributed by atoms with E-state index in [9.17, 15) is 23.1 Å². The number of benzene rings is 4. The summed E-state index contributed by atoms with van der Waals surface area (Å²) in [5.74, 6) is -1.36. The van der Waals surface area contributed by atoms with E-state index in [0.717, 1.165) is 15.4 Å². The number of amides is 2. The van der Waals surface area contributed by atoms with Gasteiger partial charge in [0.2, 0.25) is 16.8 Å². The molecule has 0 aromatic heterocycles. The summed E-state index contributed by atoms with van der Waals surface area (Å²) in [6, 6.07) is 26.4. The van der Waals surface area contributed by atoms with Crippen LogP contribution in [0.4, 0.5) is 17.1 Å². The van der Waals surface area contributed by atoms with Gasteiger partial charge in [-0.05, 0) is 65.7 Å². The SMILES string of the molecule is NC(=O)c1ccc(N(c2cc(NC(=O)c3ccc(-c4ccccc4)cc3)ccc2O)[SH](=O)=O)cc1. The van der Waals surface area contributed by atoms with Gasteiger partial charge in [-0.15, -0.1) is 0 Å². The minimum atomic E-state index is -3.22. The molecule has 35 heavy (non-hydrogen) atoms. The standard InChI is InChI=1S/C26H21N3O5S/c27-25(31)19-10-13-22(14-11-19)29(35(33)34)23-16-21(12-15-24(23)30)28-26(32)20-8-6-18(7-9-20)17-4-2-1-3-5-17/h1-16,30,35H,(H2,27,31)(H,28,32). The lowest BCUT2D eigenvalue weighted by atomic mass is 10.0. The third-order valence-corrected chi connectivity index (χ3v) is 6.05. The third kappa shape index (κ3) is 5.31. The highest BCUT2D eigenvalue weighted by molar-refractivity contribution is 7.74. The number of carbonyl (C=O) groups is 2. The molecule has 4 aromatic carbocycles. The lowest BCUT2D eigenvalue weighted by molar-refractivity contribution is 0.0997. The second-order valence-corrected chi connectivity index (χ2v) is 8.44. The van der Waals surface area contributed by atoms with Crippen LogP contribution in [0.1, 0.15) is 20.7 Å². The van der Waals surface area contributed by atoms with Crippen LogP contribution in [0.5, 0.6) is 5.75 Å². The molecular weight excluding hydrogens is 466 g/mol. The molecule has 176 valence electrons. The summed E-state index contributed by atoms with van der Waals surface area (Å²) in [5.41, 5.74) is 8.24. The summed E-state index contributed by atoms with van der Waals surface area (Å²) < 4.78 is 25.0. The van der Waals surface area contributed by atoms with Crippen molar-refractivity contribution in [3.63, 3.8) is 0 Å². The Morgan fingerprint density at radius 2 is 1.37 bits per heavy atom. The molecule has 0 fully saturated rings. The topological polar surface area (TPSA) is 130 Å². The van der Waals surface area contributed by atoms with E-state index in [1.807, 2.05) is 42.5 Å². The molecule has 0 unspecified atom stereocenters. The molecule has 0 atom stereocenters. The number of nitrogens with zero attached hydrogens (tertiary/aromatic N) is 1. The largest absolute Gasteiger partial charge is 0.506 e. The summed E-state index contributed by atoms with van der Waals surface area (Å²) in [6.07, 6.45) is 0. The van der Waals surface area contributed by atoms with Crippen LogP contribution in [-0.4, -0.2) is 25.3 Å². The maximum Gasteiger partial charge on any atom is 0.255 e. The van der Waals surface area contributed by atoms with Gasteiger partial charge in [0.25, 0.3) is 5.91 Å². The maximum atomic E-state index is 12.8. The zero-order valence-electron chi connectivity index (χ0n) is 18.3. The summed E-state index contributed by atoms with van der Waals surface area (Å²) in [7, 11) is -3.22. The van der Waals surface area contributed by atoms with Crippen LogP contribution < -0.4 is 15.4 Å². The van der Waals surface area contributed by atoms with Crippen molar-refractivity contribution in [3.05, 3.63) is 108 Å². The molecule has 0 aliphatic rings. The first kappa shape index (κ1) is 23.5.